The molecule has 1 aromatic heterocycles. The molecule has 0 bridgehead atoms. The molecule has 0 saturated heterocycles. The van der Waals surface area contributed by atoms with Gasteiger partial charge in [0.1, 0.15) is 11.6 Å². The van der Waals surface area contributed by atoms with Crippen LogP contribution in [0.25, 0.3) is 22.2 Å². The van der Waals surface area contributed by atoms with Crippen LogP contribution in [0.15, 0.2) is 36.4 Å². The van der Waals surface area contributed by atoms with E-state index in [1.165, 1.54) is 6.07 Å². The molecular formula is C16H15ClFN3. The van der Waals surface area contributed by atoms with E-state index in [-0.39, 0.29) is 11.9 Å². The van der Waals surface area contributed by atoms with Crippen LogP contribution in [-0.2, 0) is 5.88 Å². The van der Waals surface area contributed by atoms with Gasteiger partial charge in [0, 0.05) is 17.0 Å². The van der Waals surface area contributed by atoms with Crippen LogP contribution in [-0.4, -0.2) is 14.8 Å². The smallest absolute Gasteiger partial charge is 0.164 e. The highest BCUT2D eigenvalue weighted by Crippen LogP contribution is 2.31. The third-order valence-corrected chi connectivity index (χ3v) is 3.75. The van der Waals surface area contributed by atoms with Crippen molar-refractivity contribution in [2.75, 3.05) is 0 Å². The molecule has 0 radical (unpaired) electrons. The Kier molecular flexibility index (Phi) is 3.64. The van der Waals surface area contributed by atoms with Crippen molar-refractivity contribution in [1.82, 2.24) is 14.8 Å². The molecule has 0 aliphatic heterocycles. The Morgan fingerprint density at radius 3 is 2.48 bits per heavy atom. The molecule has 21 heavy (non-hydrogen) atoms. The van der Waals surface area contributed by atoms with Crippen molar-refractivity contribution in [3.05, 3.63) is 48.0 Å². The molecule has 108 valence electrons. The molecule has 2 aromatic carbocycles. The van der Waals surface area contributed by atoms with E-state index in [9.17, 15) is 4.39 Å². The number of hydrogen-bond acceptors (Lipinski definition) is 2. The molecule has 0 fully saturated rings. The van der Waals surface area contributed by atoms with Gasteiger partial charge >= 0.3 is 0 Å². The first-order valence-corrected chi connectivity index (χ1v) is 7.34. The molecular weight excluding hydrogens is 289 g/mol. The van der Waals surface area contributed by atoms with Crippen LogP contribution in [0.2, 0.25) is 0 Å². The van der Waals surface area contributed by atoms with Crippen molar-refractivity contribution in [2.45, 2.75) is 25.8 Å². The van der Waals surface area contributed by atoms with Crippen LogP contribution in [0.5, 0.6) is 0 Å². The zero-order valence-corrected chi connectivity index (χ0v) is 12.6. The first kappa shape index (κ1) is 14.0. The van der Waals surface area contributed by atoms with Crippen LogP contribution < -0.4 is 0 Å². The van der Waals surface area contributed by atoms with Crippen LogP contribution in [0.4, 0.5) is 4.39 Å². The van der Waals surface area contributed by atoms with Gasteiger partial charge in [-0.2, -0.15) is 0 Å². The molecule has 0 atom stereocenters. The fraction of sp³-hybridized carbons (Fsp3) is 0.250. The monoisotopic (exact) mass is 303 g/mol. The van der Waals surface area contributed by atoms with Crippen molar-refractivity contribution in [3.8, 4) is 11.4 Å². The normalized spacial score (nSPS) is 11.5. The SMILES string of the molecule is CC(C)n1c(CCl)nnc1-c1ccc(F)c2ccccc12. The average molecular weight is 304 g/mol. The van der Waals surface area contributed by atoms with E-state index in [0.29, 0.717) is 11.3 Å². The molecule has 0 amide bonds. The molecule has 1 heterocycles. The van der Waals surface area contributed by atoms with Gasteiger partial charge in [0.05, 0.1) is 5.88 Å². The molecule has 0 N–H and O–H groups in total. The van der Waals surface area contributed by atoms with Gasteiger partial charge in [0.2, 0.25) is 0 Å². The van der Waals surface area contributed by atoms with Crippen molar-refractivity contribution >= 4 is 22.4 Å². The Labute approximate surface area is 127 Å². The Morgan fingerprint density at radius 1 is 1.10 bits per heavy atom. The van der Waals surface area contributed by atoms with Crippen LogP contribution in [0, 0.1) is 5.82 Å². The summed E-state index contributed by atoms with van der Waals surface area (Å²) in [5, 5.41) is 9.82. The molecule has 0 aliphatic rings. The Morgan fingerprint density at radius 2 is 1.81 bits per heavy atom. The van der Waals surface area contributed by atoms with Gasteiger partial charge in [-0.1, -0.05) is 24.3 Å². The second-order valence-corrected chi connectivity index (χ2v) is 5.45. The molecule has 3 aromatic rings. The number of fused-ring (bicyclic) bond motifs is 1. The number of hydrogen-bond donors (Lipinski definition) is 0. The standard InChI is InChI=1S/C16H15ClFN3/c1-10(2)21-15(9-17)19-20-16(21)13-7-8-14(18)12-6-4-3-5-11(12)13/h3-8,10H,9H2,1-2H3. The molecule has 5 heteroatoms. The fourth-order valence-electron chi connectivity index (χ4n) is 2.60. The average Bonchev–Trinajstić information content (AvgIpc) is 2.92. The number of halogens is 2. The zero-order chi connectivity index (χ0) is 15.0. The summed E-state index contributed by atoms with van der Waals surface area (Å²) in [7, 11) is 0. The van der Waals surface area contributed by atoms with Crippen molar-refractivity contribution in [3.63, 3.8) is 0 Å². The van der Waals surface area contributed by atoms with Crippen molar-refractivity contribution in [1.29, 1.82) is 0 Å². The Bertz CT molecular complexity index is 795. The lowest BCUT2D eigenvalue weighted by atomic mass is 10.0. The topological polar surface area (TPSA) is 30.7 Å². The maximum absolute atomic E-state index is 13.9. The predicted molar refractivity (Wildman–Crippen MR) is 82.9 cm³/mol. The lowest BCUT2D eigenvalue weighted by molar-refractivity contribution is 0.585. The maximum atomic E-state index is 13.9. The Balaban J connectivity index is 2.32. The summed E-state index contributed by atoms with van der Waals surface area (Å²) in [6.07, 6.45) is 0. The largest absolute Gasteiger partial charge is 0.307 e. The minimum absolute atomic E-state index is 0.174. The van der Waals surface area contributed by atoms with Gasteiger partial charge in [-0.15, -0.1) is 21.8 Å². The number of aromatic nitrogens is 3. The second-order valence-electron chi connectivity index (χ2n) is 5.18. The highest BCUT2D eigenvalue weighted by atomic mass is 35.5. The first-order chi connectivity index (χ1) is 10.1. The van der Waals surface area contributed by atoms with Crippen LogP contribution in [0.3, 0.4) is 0 Å². The van der Waals surface area contributed by atoms with Crippen LogP contribution in [0.1, 0.15) is 25.7 Å². The van der Waals surface area contributed by atoms with Gasteiger partial charge in [-0.3, -0.25) is 0 Å². The minimum Gasteiger partial charge on any atom is -0.307 e. The van der Waals surface area contributed by atoms with Gasteiger partial charge in [0.15, 0.2) is 5.82 Å². The van der Waals surface area contributed by atoms with E-state index in [0.717, 1.165) is 22.6 Å². The number of rotatable bonds is 3. The maximum Gasteiger partial charge on any atom is 0.164 e. The molecule has 0 aliphatic carbocycles. The minimum atomic E-state index is -0.234. The number of nitrogens with zero attached hydrogens (tertiary/aromatic N) is 3. The summed E-state index contributed by atoms with van der Waals surface area (Å²) in [6.45, 7) is 4.10. The lowest BCUT2D eigenvalue weighted by Crippen LogP contribution is -2.07. The molecule has 3 rings (SSSR count). The summed E-state index contributed by atoms with van der Waals surface area (Å²) in [6, 6.07) is 10.8. The third-order valence-electron chi connectivity index (χ3n) is 3.51. The number of benzene rings is 2. The summed E-state index contributed by atoms with van der Waals surface area (Å²) >= 11 is 5.94. The molecule has 0 spiro atoms. The fourth-order valence-corrected chi connectivity index (χ4v) is 2.78. The summed E-state index contributed by atoms with van der Waals surface area (Å²) in [5.41, 5.74) is 0.865. The van der Waals surface area contributed by atoms with Gasteiger partial charge in [-0.05, 0) is 31.4 Å². The van der Waals surface area contributed by atoms with Crippen LogP contribution >= 0.6 is 11.6 Å². The predicted octanol–water partition coefficient (Wildman–Crippen LogP) is 4.56. The molecule has 0 saturated carbocycles. The zero-order valence-electron chi connectivity index (χ0n) is 11.8. The van der Waals surface area contributed by atoms with E-state index in [1.54, 1.807) is 12.1 Å². The summed E-state index contributed by atoms with van der Waals surface area (Å²) < 4.78 is 15.9. The van der Waals surface area contributed by atoms with Gasteiger partial charge in [0.25, 0.3) is 0 Å². The second kappa shape index (κ2) is 5.45. The first-order valence-electron chi connectivity index (χ1n) is 6.81. The van der Waals surface area contributed by atoms with Gasteiger partial charge in [-0.25, -0.2) is 4.39 Å². The highest BCUT2D eigenvalue weighted by Gasteiger charge is 2.18. The highest BCUT2D eigenvalue weighted by molar-refractivity contribution is 6.16. The van der Waals surface area contributed by atoms with E-state index in [4.69, 9.17) is 11.6 Å². The molecule has 3 nitrogen and oxygen atoms in total. The van der Waals surface area contributed by atoms with Crippen molar-refractivity contribution < 1.29 is 4.39 Å². The van der Waals surface area contributed by atoms with E-state index >= 15 is 0 Å². The van der Waals surface area contributed by atoms with E-state index in [2.05, 4.69) is 24.0 Å². The van der Waals surface area contributed by atoms with E-state index < -0.39 is 0 Å². The van der Waals surface area contributed by atoms with E-state index in [1.807, 2.05) is 22.8 Å². The third kappa shape index (κ3) is 2.29. The molecule has 0 unspecified atom stereocenters. The summed E-state index contributed by atoms with van der Waals surface area (Å²) in [4.78, 5) is 0. The van der Waals surface area contributed by atoms with Gasteiger partial charge < -0.3 is 4.57 Å². The Hall–Kier alpha value is -1.94. The quantitative estimate of drug-likeness (QED) is 0.664. The lowest BCUT2D eigenvalue weighted by Gasteiger charge is -2.14. The number of alkyl halides is 1. The van der Waals surface area contributed by atoms with Crippen molar-refractivity contribution in [2.24, 2.45) is 0 Å². The summed E-state index contributed by atoms with van der Waals surface area (Å²) in [5.74, 6) is 1.50.